The summed E-state index contributed by atoms with van der Waals surface area (Å²) >= 11 is 4.66. The Labute approximate surface area is 163 Å². The molecule has 1 aromatic heterocycles. The first-order valence-electron chi connectivity index (χ1n) is 7.77. The fourth-order valence-corrected chi connectivity index (χ4v) is 3.72. The summed E-state index contributed by atoms with van der Waals surface area (Å²) in [4.78, 5) is 22.1. The van der Waals surface area contributed by atoms with Crippen molar-refractivity contribution < 1.29 is 9.18 Å². The van der Waals surface area contributed by atoms with E-state index in [1.165, 1.54) is 30.0 Å². The minimum atomic E-state index is -0.400. The van der Waals surface area contributed by atoms with Crippen molar-refractivity contribution >= 4 is 39.3 Å². The Morgan fingerprint density at radius 3 is 2.31 bits per heavy atom. The number of amides is 1. The zero-order chi connectivity index (χ0) is 18.7. The zero-order valence-corrected chi connectivity index (χ0v) is 16.5. The lowest BCUT2D eigenvalue weighted by molar-refractivity contribution is 0.102. The predicted octanol–water partition coefficient (Wildman–Crippen LogP) is 5.40. The van der Waals surface area contributed by atoms with Gasteiger partial charge >= 0.3 is 0 Å². The molecule has 0 bridgehead atoms. The summed E-state index contributed by atoms with van der Waals surface area (Å²) in [6.07, 6.45) is 0. The molecule has 26 heavy (non-hydrogen) atoms. The standard InChI is InChI=1S/C19H15BrFN3OS/c1-11-9-12(2)23-19(22-11)26-15-6-4-14(5-7-15)24-18(25)16-8-3-13(21)10-17(16)20/h3-10H,1-2H3,(H,24,25). The van der Waals surface area contributed by atoms with Gasteiger partial charge in [0.15, 0.2) is 5.16 Å². The number of benzene rings is 2. The molecular formula is C19H15BrFN3OS. The third-order valence-electron chi connectivity index (χ3n) is 3.46. The van der Waals surface area contributed by atoms with Crippen molar-refractivity contribution in [3.8, 4) is 0 Å². The average Bonchev–Trinajstić information content (AvgIpc) is 2.55. The van der Waals surface area contributed by atoms with Gasteiger partial charge in [0.05, 0.1) is 5.56 Å². The maximum absolute atomic E-state index is 13.1. The van der Waals surface area contributed by atoms with Crippen LogP contribution in [0.1, 0.15) is 21.7 Å². The molecular weight excluding hydrogens is 417 g/mol. The molecule has 0 fully saturated rings. The van der Waals surface area contributed by atoms with E-state index in [1.807, 2.05) is 32.0 Å². The van der Waals surface area contributed by atoms with Gasteiger partial charge in [-0.05, 0) is 90.1 Å². The summed E-state index contributed by atoms with van der Waals surface area (Å²) < 4.78 is 13.5. The molecule has 7 heteroatoms. The van der Waals surface area contributed by atoms with Crippen LogP contribution in [0.15, 0.2) is 63.1 Å². The molecule has 0 spiro atoms. The van der Waals surface area contributed by atoms with Crippen LogP contribution in [-0.2, 0) is 0 Å². The Balaban J connectivity index is 1.70. The van der Waals surface area contributed by atoms with Crippen molar-refractivity contribution in [1.29, 1.82) is 0 Å². The number of hydrogen-bond donors (Lipinski definition) is 1. The van der Waals surface area contributed by atoms with Gasteiger partial charge < -0.3 is 5.32 Å². The fraction of sp³-hybridized carbons (Fsp3) is 0.105. The molecule has 1 amide bonds. The van der Waals surface area contributed by atoms with Crippen LogP contribution in [0.25, 0.3) is 0 Å². The summed E-state index contributed by atoms with van der Waals surface area (Å²) in [7, 11) is 0. The van der Waals surface area contributed by atoms with Gasteiger partial charge in [0.25, 0.3) is 5.91 Å². The largest absolute Gasteiger partial charge is 0.322 e. The number of halogens is 2. The predicted molar refractivity (Wildman–Crippen MR) is 104 cm³/mol. The van der Waals surface area contributed by atoms with Crippen LogP contribution < -0.4 is 5.32 Å². The SMILES string of the molecule is Cc1cc(C)nc(Sc2ccc(NC(=O)c3ccc(F)cc3Br)cc2)n1. The second-order valence-electron chi connectivity index (χ2n) is 5.64. The topological polar surface area (TPSA) is 54.9 Å². The molecule has 0 radical (unpaired) electrons. The van der Waals surface area contributed by atoms with E-state index in [1.54, 1.807) is 12.1 Å². The third-order valence-corrected chi connectivity index (χ3v) is 4.99. The highest BCUT2D eigenvalue weighted by molar-refractivity contribution is 9.10. The lowest BCUT2D eigenvalue weighted by Crippen LogP contribution is -2.12. The Hall–Kier alpha value is -2.25. The second kappa shape index (κ2) is 7.97. The van der Waals surface area contributed by atoms with Crippen molar-refractivity contribution in [3.63, 3.8) is 0 Å². The molecule has 0 aliphatic heterocycles. The number of nitrogens with one attached hydrogen (secondary N) is 1. The highest BCUT2D eigenvalue weighted by Crippen LogP contribution is 2.27. The van der Waals surface area contributed by atoms with Gasteiger partial charge in [-0.2, -0.15) is 0 Å². The van der Waals surface area contributed by atoms with Crippen LogP contribution in [0.3, 0.4) is 0 Å². The van der Waals surface area contributed by atoms with Crippen molar-refractivity contribution in [1.82, 2.24) is 9.97 Å². The summed E-state index contributed by atoms with van der Waals surface area (Å²) in [5.74, 6) is -0.710. The Morgan fingerprint density at radius 2 is 1.69 bits per heavy atom. The molecule has 3 rings (SSSR count). The maximum atomic E-state index is 13.1. The number of rotatable bonds is 4. The highest BCUT2D eigenvalue weighted by Gasteiger charge is 2.11. The molecule has 0 saturated carbocycles. The van der Waals surface area contributed by atoms with E-state index in [2.05, 4.69) is 31.2 Å². The number of carbonyl (C=O) groups is 1. The van der Waals surface area contributed by atoms with E-state index < -0.39 is 5.82 Å². The number of hydrogen-bond acceptors (Lipinski definition) is 4. The van der Waals surface area contributed by atoms with Gasteiger partial charge in [-0.1, -0.05) is 0 Å². The monoisotopic (exact) mass is 431 g/mol. The lowest BCUT2D eigenvalue weighted by Gasteiger charge is -2.08. The van der Waals surface area contributed by atoms with Crippen LogP contribution in [0.5, 0.6) is 0 Å². The van der Waals surface area contributed by atoms with Gasteiger partial charge in [-0.25, -0.2) is 14.4 Å². The van der Waals surface area contributed by atoms with Crippen molar-refractivity contribution in [2.24, 2.45) is 0 Å². The first-order valence-corrected chi connectivity index (χ1v) is 9.38. The second-order valence-corrected chi connectivity index (χ2v) is 7.53. The van der Waals surface area contributed by atoms with Crippen molar-refractivity contribution in [3.05, 3.63) is 75.8 Å². The molecule has 0 unspecified atom stereocenters. The molecule has 0 atom stereocenters. The Morgan fingerprint density at radius 1 is 1.04 bits per heavy atom. The van der Waals surface area contributed by atoms with Crippen LogP contribution in [0, 0.1) is 19.7 Å². The van der Waals surface area contributed by atoms with E-state index in [4.69, 9.17) is 0 Å². The molecule has 132 valence electrons. The smallest absolute Gasteiger partial charge is 0.256 e. The van der Waals surface area contributed by atoms with E-state index in [0.717, 1.165) is 16.3 Å². The maximum Gasteiger partial charge on any atom is 0.256 e. The minimum absolute atomic E-state index is 0.310. The third kappa shape index (κ3) is 4.68. The summed E-state index contributed by atoms with van der Waals surface area (Å²) in [6, 6.07) is 13.3. The molecule has 1 N–H and O–H groups in total. The van der Waals surface area contributed by atoms with E-state index in [0.29, 0.717) is 20.9 Å². The quantitative estimate of drug-likeness (QED) is 0.561. The number of aromatic nitrogens is 2. The van der Waals surface area contributed by atoms with E-state index in [9.17, 15) is 9.18 Å². The minimum Gasteiger partial charge on any atom is -0.322 e. The number of nitrogens with zero attached hydrogens (tertiary/aromatic N) is 2. The summed E-state index contributed by atoms with van der Waals surface area (Å²) in [6.45, 7) is 3.87. The molecule has 0 aliphatic rings. The lowest BCUT2D eigenvalue weighted by atomic mass is 10.2. The number of anilines is 1. The summed E-state index contributed by atoms with van der Waals surface area (Å²) in [5.41, 5.74) is 2.87. The van der Waals surface area contributed by atoms with Crippen molar-refractivity contribution in [2.75, 3.05) is 5.32 Å². The van der Waals surface area contributed by atoms with Gasteiger partial charge in [-0.3, -0.25) is 4.79 Å². The Kier molecular flexibility index (Phi) is 5.68. The first kappa shape index (κ1) is 18.5. The van der Waals surface area contributed by atoms with Crippen LogP contribution in [0.2, 0.25) is 0 Å². The molecule has 4 nitrogen and oxygen atoms in total. The fourth-order valence-electron chi connectivity index (χ4n) is 2.32. The normalized spacial score (nSPS) is 10.6. The number of aryl methyl sites for hydroxylation is 2. The highest BCUT2D eigenvalue weighted by atomic mass is 79.9. The van der Waals surface area contributed by atoms with Crippen LogP contribution in [-0.4, -0.2) is 15.9 Å². The van der Waals surface area contributed by atoms with Crippen molar-refractivity contribution in [2.45, 2.75) is 23.9 Å². The van der Waals surface area contributed by atoms with Gasteiger partial charge in [0.1, 0.15) is 5.82 Å². The number of carbonyl (C=O) groups excluding carboxylic acids is 1. The molecule has 0 aliphatic carbocycles. The van der Waals surface area contributed by atoms with Gasteiger partial charge in [0.2, 0.25) is 0 Å². The zero-order valence-electron chi connectivity index (χ0n) is 14.1. The van der Waals surface area contributed by atoms with Gasteiger partial charge in [0, 0.05) is 26.4 Å². The molecule has 2 aromatic carbocycles. The van der Waals surface area contributed by atoms with Crippen LogP contribution in [0.4, 0.5) is 10.1 Å². The van der Waals surface area contributed by atoms with Gasteiger partial charge in [-0.15, -0.1) is 0 Å². The molecule has 1 heterocycles. The molecule has 3 aromatic rings. The molecule has 0 saturated heterocycles. The Bertz CT molecular complexity index is 943. The summed E-state index contributed by atoms with van der Waals surface area (Å²) in [5, 5.41) is 3.49. The van der Waals surface area contributed by atoms with E-state index >= 15 is 0 Å². The first-order chi connectivity index (χ1) is 12.4. The average molecular weight is 432 g/mol. The van der Waals surface area contributed by atoms with E-state index in [-0.39, 0.29) is 5.91 Å². The van der Waals surface area contributed by atoms with Crippen LogP contribution >= 0.6 is 27.7 Å².